The molecule has 0 saturated carbocycles. The fraction of sp³-hybridized carbons (Fsp3) is 0.471. The number of ether oxygens (including phenoxy) is 1. The molecule has 0 fully saturated rings. The number of rotatable bonds is 9. The molecule has 0 saturated heterocycles. The zero-order valence-electron chi connectivity index (χ0n) is 14.1. The number of aliphatic carboxylic acids is 1. The van der Waals surface area contributed by atoms with E-state index in [1.54, 1.807) is 20.8 Å². The minimum absolute atomic E-state index is 0.0812. The molecule has 0 bridgehead atoms. The molecule has 0 radical (unpaired) electrons. The first-order chi connectivity index (χ1) is 11.2. The van der Waals surface area contributed by atoms with Crippen LogP contribution in [0.25, 0.3) is 0 Å². The predicted molar refractivity (Wildman–Crippen MR) is 85.9 cm³/mol. The molecule has 0 aliphatic heterocycles. The molecule has 0 aliphatic rings. The second-order valence-electron chi connectivity index (χ2n) is 6.24. The first kappa shape index (κ1) is 19.8. The quantitative estimate of drug-likeness (QED) is 0.403. The minimum Gasteiger partial charge on any atom is -0.481 e. The van der Waals surface area contributed by atoms with Gasteiger partial charge in [0.15, 0.2) is 0 Å². The second kappa shape index (κ2) is 9.14. The number of benzene rings is 1. The molecule has 132 valence electrons. The molecule has 1 aromatic carbocycles. The Kier molecular flexibility index (Phi) is 7.54. The lowest BCUT2D eigenvalue weighted by Gasteiger charge is -2.21. The lowest BCUT2D eigenvalue weighted by Crippen LogP contribution is -2.43. The third-order valence-corrected chi connectivity index (χ3v) is 2.87. The van der Waals surface area contributed by atoms with Crippen LogP contribution in [0.1, 0.15) is 39.2 Å². The molecule has 0 heterocycles. The third kappa shape index (κ3) is 7.85. The summed E-state index contributed by atoms with van der Waals surface area (Å²) < 4.78 is 5.02. The highest BCUT2D eigenvalue weighted by Crippen LogP contribution is 2.10. The monoisotopic (exact) mass is 337 g/mol. The Morgan fingerprint density at radius 2 is 1.79 bits per heavy atom. The van der Waals surface area contributed by atoms with Crippen molar-refractivity contribution in [2.45, 2.75) is 51.9 Å². The van der Waals surface area contributed by atoms with Crippen LogP contribution < -0.4 is 5.48 Å². The Bertz CT molecular complexity index is 564. The summed E-state index contributed by atoms with van der Waals surface area (Å²) in [5.74, 6) is -2.95. The van der Waals surface area contributed by atoms with Crippen molar-refractivity contribution in [2.75, 3.05) is 0 Å². The zero-order valence-corrected chi connectivity index (χ0v) is 14.1. The molecule has 0 aliphatic carbocycles. The number of carbonyl (C=O) groups is 3. The maximum Gasteiger partial charge on any atom is 0.376 e. The van der Waals surface area contributed by atoms with E-state index in [1.165, 1.54) is 0 Å². The van der Waals surface area contributed by atoms with Crippen LogP contribution in [0.3, 0.4) is 0 Å². The average molecular weight is 337 g/mol. The lowest BCUT2D eigenvalue weighted by atomic mass is 10.1. The van der Waals surface area contributed by atoms with Gasteiger partial charge in [0.25, 0.3) is 5.78 Å². The van der Waals surface area contributed by atoms with Crippen molar-refractivity contribution in [1.29, 1.82) is 0 Å². The van der Waals surface area contributed by atoms with Crippen LogP contribution >= 0.6 is 0 Å². The first-order valence-electron chi connectivity index (χ1n) is 7.59. The molecule has 0 unspecified atom stereocenters. The summed E-state index contributed by atoms with van der Waals surface area (Å²) in [7, 11) is 0. The standard InChI is InChI=1S/C17H23NO6/c1-17(2,3)24-16(22)15(21)13(9-10-14(19)20)18-23-11-12-7-5-4-6-8-12/h4-8,13,18H,9-11H2,1-3H3,(H,19,20)/t13-/m0/s1. The van der Waals surface area contributed by atoms with Gasteiger partial charge in [-0.1, -0.05) is 30.3 Å². The topological polar surface area (TPSA) is 102 Å². The third-order valence-electron chi connectivity index (χ3n) is 2.87. The van der Waals surface area contributed by atoms with Crippen LogP contribution in [0.15, 0.2) is 30.3 Å². The van der Waals surface area contributed by atoms with Crippen molar-refractivity contribution in [1.82, 2.24) is 5.48 Å². The molecule has 7 heteroatoms. The largest absolute Gasteiger partial charge is 0.481 e. The number of Topliss-reactive ketones (excluding diaryl/α,β-unsaturated/α-hetero) is 1. The Morgan fingerprint density at radius 1 is 1.17 bits per heavy atom. The van der Waals surface area contributed by atoms with E-state index in [4.69, 9.17) is 14.7 Å². The van der Waals surface area contributed by atoms with Crippen molar-refractivity contribution < 1.29 is 29.1 Å². The van der Waals surface area contributed by atoms with Gasteiger partial charge in [0, 0.05) is 6.42 Å². The summed E-state index contributed by atoms with van der Waals surface area (Å²) in [5.41, 5.74) is 2.53. The molecule has 1 rings (SSSR count). The van der Waals surface area contributed by atoms with Gasteiger partial charge in [-0.25, -0.2) is 4.79 Å². The van der Waals surface area contributed by atoms with Gasteiger partial charge < -0.3 is 9.84 Å². The number of hydrogen-bond donors (Lipinski definition) is 2. The van der Waals surface area contributed by atoms with Gasteiger partial charge in [-0.2, -0.15) is 5.48 Å². The van der Waals surface area contributed by atoms with Crippen molar-refractivity contribution in [2.24, 2.45) is 0 Å². The molecular weight excluding hydrogens is 314 g/mol. The summed E-state index contributed by atoms with van der Waals surface area (Å²) in [4.78, 5) is 40.0. The normalized spacial score (nSPS) is 12.5. The Hall–Kier alpha value is -2.25. The van der Waals surface area contributed by atoms with E-state index in [0.29, 0.717) is 0 Å². The van der Waals surface area contributed by atoms with Gasteiger partial charge in [-0.05, 0) is 32.8 Å². The van der Waals surface area contributed by atoms with E-state index in [1.807, 2.05) is 30.3 Å². The second-order valence-corrected chi connectivity index (χ2v) is 6.24. The van der Waals surface area contributed by atoms with Crippen LogP contribution in [0.2, 0.25) is 0 Å². The zero-order chi connectivity index (χ0) is 18.2. The SMILES string of the molecule is CC(C)(C)OC(=O)C(=O)[C@H](CCC(=O)O)NOCc1ccccc1. The molecule has 1 atom stereocenters. The number of hydrogen-bond acceptors (Lipinski definition) is 6. The van der Waals surface area contributed by atoms with Gasteiger partial charge in [-0.3, -0.25) is 14.4 Å². The van der Waals surface area contributed by atoms with Gasteiger partial charge in [0.05, 0.1) is 6.61 Å². The van der Waals surface area contributed by atoms with Gasteiger partial charge in [0.1, 0.15) is 11.6 Å². The van der Waals surface area contributed by atoms with Crippen LogP contribution in [0, 0.1) is 0 Å². The minimum atomic E-state index is -1.08. The van der Waals surface area contributed by atoms with Crippen LogP contribution in [0.4, 0.5) is 0 Å². The van der Waals surface area contributed by atoms with Crippen molar-refractivity contribution in [3.63, 3.8) is 0 Å². The molecule has 1 aromatic rings. The molecule has 0 aromatic heterocycles. The predicted octanol–water partition coefficient (Wildman–Crippen LogP) is 1.85. The highest BCUT2D eigenvalue weighted by molar-refractivity contribution is 6.35. The molecule has 24 heavy (non-hydrogen) atoms. The van der Waals surface area contributed by atoms with E-state index in [-0.39, 0.29) is 19.4 Å². The number of ketones is 1. The fourth-order valence-corrected chi connectivity index (χ4v) is 1.78. The molecular formula is C17H23NO6. The Morgan fingerprint density at radius 3 is 2.33 bits per heavy atom. The first-order valence-corrected chi connectivity index (χ1v) is 7.59. The fourth-order valence-electron chi connectivity index (χ4n) is 1.78. The van der Waals surface area contributed by atoms with E-state index >= 15 is 0 Å². The Labute approximate surface area is 140 Å². The maximum atomic E-state index is 12.2. The number of esters is 1. The summed E-state index contributed by atoms with van der Waals surface area (Å²) in [6.07, 6.45) is -0.358. The molecule has 0 spiro atoms. The number of carboxylic acids is 1. The van der Waals surface area contributed by atoms with Gasteiger partial charge >= 0.3 is 11.9 Å². The molecule has 7 nitrogen and oxygen atoms in total. The lowest BCUT2D eigenvalue weighted by molar-refractivity contribution is -0.165. The summed E-state index contributed by atoms with van der Waals surface area (Å²) in [5, 5.41) is 8.78. The number of carbonyl (C=O) groups excluding carboxylic acids is 2. The van der Waals surface area contributed by atoms with Gasteiger partial charge in [0.2, 0.25) is 0 Å². The van der Waals surface area contributed by atoms with Crippen LogP contribution in [0.5, 0.6) is 0 Å². The molecule has 0 amide bonds. The highest BCUT2D eigenvalue weighted by atomic mass is 16.6. The van der Waals surface area contributed by atoms with E-state index < -0.39 is 29.4 Å². The van der Waals surface area contributed by atoms with Crippen molar-refractivity contribution >= 4 is 17.7 Å². The molecule has 2 N–H and O–H groups in total. The summed E-state index contributed by atoms with van der Waals surface area (Å²) in [6, 6.07) is 8.13. The van der Waals surface area contributed by atoms with E-state index in [2.05, 4.69) is 5.48 Å². The van der Waals surface area contributed by atoms with E-state index in [9.17, 15) is 14.4 Å². The van der Waals surface area contributed by atoms with Crippen LogP contribution in [-0.2, 0) is 30.6 Å². The number of hydroxylamine groups is 1. The summed E-state index contributed by atoms with van der Waals surface area (Å²) in [6.45, 7) is 5.10. The van der Waals surface area contributed by atoms with E-state index in [0.717, 1.165) is 5.56 Å². The van der Waals surface area contributed by atoms with Crippen LogP contribution in [-0.4, -0.2) is 34.5 Å². The van der Waals surface area contributed by atoms with Gasteiger partial charge in [-0.15, -0.1) is 0 Å². The average Bonchev–Trinajstić information content (AvgIpc) is 2.49. The number of nitrogens with one attached hydrogen (secondary N) is 1. The number of carboxylic acid groups (broad SMARTS) is 1. The van der Waals surface area contributed by atoms with Crippen molar-refractivity contribution in [3.05, 3.63) is 35.9 Å². The highest BCUT2D eigenvalue weighted by Gasteiger charge is 2.30. The Balaban J connectivity index is 2.63. The summed E-state index contributed by atoms with van der Waals surface area (Å²) >= 11 is 0. The maximum absolute atomic E-state index is 12.2. The smallest absolute Gasteiger partial charge is 0.376 e. The van der Waals surface area contributed by atoms with Crippen molar-refractivity contribution in [3.8, 4) is 0 Å².